The Morgan fingerprint density at radius 3 is 3.06 bits per heavy atom. The fraction of sp³-hybridized carbons (Fsp3) is 0.583. The molecule has 0 amide bonds. The van der Waals surface area contributed by atoms with Gasteiger partial charge in [0.2, 0.25) is 0 Å². The minimum atomic E-state index is -0.00378. The molecule has 0 aliphatic carbocycles. The number of nitrogens with zero attached hydrogens (tertiary/aromatic N) is 2. The summed E-state index contributed by atoms with van der Waals surface area (Å²) >= 11 is 5.84. The summed E-state index contributed by atoms with van der Waals surface area (Å²) in [4.78, 5) is 6.70. The summed E-state index contributed by atoms with van der Waals surface area (Å²) in [5.41, 5.74) is 1.10. The molecule has 0 spiro atoms. The quantitative estimate of drug-likeness (QED) is 0.743. The fourth-order valence-electron chi connectivity index (χ4n) is 1.97. The molecule has 16 heavy (non-hydrogen) atoms. The number of hydrogen-bond acceptors (Lipinski definition) is 3. The van der Waals surface area contributed by atoms with Crippen molar-refractivity contribution in [1.82, 2.24) is 4.98 Å². The maximum atomic E-state index is 5.84. The van der Waals surface area contributed by atoms with Gasteiger partial charge >= 0.3 is 0 Å². The number of pyridine rings is 1. The van der Waals surface area contributed by atoms with E-state index in [0.717, 1.165) is 31.1 Å². The number of rotatable bonds is 2. The highest BCUT2D eigenvalue weighted by atomic mass is 35.5. The van der Waals surface area contributed by atoms with E-state index in [9.17, 15) is 0 Å². The molecule has 0 radical (unpaired) electrons. The van der Waals surface area contributed by atoms with Crippen molar-refractivity contribution in [2.24, 2.45) is 0 Å². The van der Waals surface area contributed by atoms with Gasteiger partial charge in [-0.2, -0.15) is 0 Å². The third-order valence-corrected chi connectivity index (χ3v) is 3.19. The molecule has 2 rings (SSSR count). The molecule has 88 valence electrons. The summed E-state index contributed by atoms with van der Waals surface area (Å²) in [6.45, 7) is 6.71. The molecule has 0 N–H and O–H groups in total. The Morgan fingerprint density at radius 2 is 2.38 bits per heavy atom. The van der Waals surface area contributed by atoms with Crippen LogP contribution >= 0.6 is 11.6 Å². The van der Waals surface area contributed by atoms with Crippen LogP contribution in [0.15, 0.2) is 18.3 Å². The number of morpholine rings is 1. The first-order valence-electron chi connectivity index (χ1n) is 5.50. The van der Waals surface area contributed by atoms with E-state index in [0.29, 0.717) is 5.88 Å². The van der Waals surface area contributed by atoms with Gasteiger partial charge in [-0.25, -0.2) is 4.98 Å². The van der Waals surface area contributed by atoms with Gasteiger partial charge in [0.05, 0.1) is 18.8 Å². The monoisotopic (exact) mass is 240 g/mol. The van der Waals surface area contributed by atoms with E-state index in [4.69, 9.17) is 16.3 Å². The average Bonchev–Trinajstić information content (AvgIpc) is 2.28. The molecule has 1 saturated heterocycles. The van der Waals surface area contributed by atoms with Crippen LogP contribution in [-0.4, -0.2) is 30.3 Å². The minimum Gasteiger partial charge on any atom is -0.377 e. The van der Waals surface area contributed by atoms with Crippen LogP contribution in [0, 0.1) is 0 Å². The second kappa shape index (κ2) is 4.60. The molecular weight excluding hydrogens is 224 g/mol. The number of alkyl halides is 1. The fourth-order valence-corrected chi connectivity index (χ4v) is 2.14. The first-order valence-corrected chi connectivity index (χ1v) is 6.03. The Bertz CT molecular complexity index is 368. The lowest BCUT2D eigenvalue weighted by Crippen LogP contribution is -2.53. The zero-order chi connectivity index (χ0) is 11.6. The molecule has 0 atom stereocenters. The number of aromatic nitrogens is 1. The number of ether oxygens (including phenoxy) is 1. The Hall–Kier alpha value is -0.800. The SMILES string of the molecule is CC1(C)COCCN1c1cc(CCl)ccn1. The molecule has 1 aliphatic rings. The zero-order valence-corrected chi connectivity index (χ0v) is 10.5. The van der Waals surface area contributed by atoms with E-state index >= 15 is 0 Å². The van der Waals surface area contributed by atoms with Crippen LogP contribution in [0.1, 0.15) is 19.4 Å². The topological polar surface area (TPSA) is 25.4 Å². The molecule has 0 saturated carbocycles. The van der Waals surface area contributed by atoms with E-state index in [1.807, 2.05) is 12.3 Å². The van der Waals surface area contributed by atoms with Crippen LogP contribution in [0.25, 0.3) is 0 Å². The molecule has 2 heterocycles. The number of anilines is 1. The Labute approximate surface area is 101 Å². The predicted octanol–water partition coefficient (Wildman–Crippen LogP) is 2.44. The van der Waals surface area contributed by atoms with Gasteiger partial charge in [-0.15, -0.1) is 11.6 Å². The summed E-state index contributed by atoms with van der Waals surface area (Å²) < 4.78 is 5.50. The Kier molecular flexibility index (Phi) is 3.36. The van der Waals surface area contributed by atoms with E-state index < -0.39 is 0 Å². The summed E-state index contributed by atoms with van der Waals surface area (Å²) in [5.74, 6) is 1.52. The van der Waals surface area contributed by atoms with E-state index in [1.165, 1.54) is 0 Å². The van der Waals surface area contributed by atoms with Gasteiger partial charge in [0.25, 0.3) is 0 Å². The van der Waals surface area contributed by atoms with E-state index in [2.05, 4.69) is 29.8 Å². The largest absolute Gasteiger partial charge is 0.377 e. The molecule has 1 fully saturated rings. The van der Waals surface area contributed by atoms with Crippen LogP contribution in [0.2, 0.25) is 0 Å². The lowest BCUT2D eigenvalue weighted by Gasteiger charge is -2.43. The molecule has 1 aromatic heterocycles. The molecule has 1 aromatic rings. The zero-order valence-electron chi connectivity index (χ0n) is 9.74. The van der Waals surface area contributed by atoms with Gasteiger partial charge in [-0.05, 0) is 31.5 Å². The third-order valence-electron chi connectivity index (χ3n) is 2.89. The third kappa shape index (κ3) is 2.30. The highest BCUT2D eigenvalue weighted by Gasteiger charge is 2.31. The van der Waals surface area contributed by atoms with Crippen molar-refractivity contribution in [3.8, 4) is 0 Å². The minimum absolute atomic E-state index is 0.00378. The van der Waals surface area contributed by atoms with Crippen LogP contribution in [0.3, 0.4) is 0 Å². The molecule has 0 aromatic carbocycles. The highest BCUT2D eigenvalue weighted by molar-refractivity contribution is 6.17. The van der Waals surface area contributed by atoms with Gasteiger partial charge in [0.15, 0.2) is 0 Å². The molecule has 0 unspecified atom stereocenters. The van der Waals surface area contributed by atoms with Crippen LogP contribution < -0.4 is 4.90 Å². The average molecular weight is 241 g/mol. The summed E-state index contributed by atoms with van der Waals surface area (Å²) in [6.07, 6.45) is 1.82. The Morgan fingerprint density at radius 1 is 1.56 bits per heavy atom. The van der Waals surface area contributed by atoms with Crippen molar-refractivity contribution in [3.63, 3.8) is 0 Å². The highest BCUT2D eigenvalue weighted by Crippen LogP contribution is 2.25. The van der Waals surface area contributed by atoms with Gasteiger partial charge in [0.1, 0.15) is 5.82 Å². The maximum absolute atomic E-state index is 5.84. The van der Waals surface area contributed by atoms with Crippen molar-refractivity contribution in [2.75, 3.05) is 24.7 Å². The van der Waals surface area contributed by atoms with Crippen LogP contribution in [-0.2, 0) is 10.6 Å². The lowest BCUT2D eigenvalue weighted by molar-refractivity contribution is 0.0639. The summed E-state index contributed by atoms with van der Waals surface area (Å²) in [7, 11) is 0. The second-order valence-corrected chi connectivity index (χ2v) is 4.94. The van der Waals surface area contributed by atoms with E-state index in [-0.39, 0.29) is 5.54 Å². The molecule has 4 heteroatoms. The molecular formula is C12H17ClN2O. The summed E-state index contributed by atoms with van der Waals surface area (Å²) in [5, 5.41) is 0. The molecule has 3 nitrogen and oxygen atoms in total. The van der Waals surface area contributed by atoms with Gasteiger partial charge in [-0.1, -0.05) is 0 Å². The number of hydrogen-bond donors (Lipinski definition) is 0. The van der Waals surface area contributed by atoms with Crippen molar-refractivity contribution >= 4 is 17.4 Å². The smallest absolute Gasteiger partial charge is 0.129 e. The van der Waals surface area contributed by atoms with Gasteiger partial charge in [0, 0.05) is 18.6 Å². The second-order valence-electron chi connectivity index (χ2n) is 4.67. The lowest BCUT2D eigenvalue weighted by atomic mass is 10.0. The van der Waals surface area contributed by atoms with Gasteiger partial charge in [-0.3, -0.25) is 0 Å². The van der Waals surface area contributed by atoms with E-state index in [1.54, 1.807) is 0 Å². The van der Waals surface area contributed by atoms with Crippen LogP contribution in [0.5, 0.6) is 0 Å². The first kappa shape index (κ1) is 11.7. The van der Waals surface area contributed by atoms with Crippen molar-refractivity contribution in [1.29, 1.82) is 0 Å². The predicted molar refractivity (Wildman–Crippen MR) is 66.0 cm³/mol. The van der Waals surface area contributed by atoms with Crippen LogP contribution in [0.4, 0.5) is 5.82 Å². The number of halogens is 1. The first-order chi connectivity index (χ1) is 7.63. The molecule has 0 bridgehead atoms. The molecule has 1 aliphatic heterocycles. The van der Waals surface area contributed by atoms with Gasteiger partial charge < -0.3 is 9.64 Å². The normalized spacial score (nSPS) is 19.8. The van der Waals surface area contributed by atoms with Crippen molar-refractivity contribution in [2.45, 2.75) is 25.3 Å². The standard InChI is InChI=1S/C12H17ClN2O/c1-12(2)9-16-6-5-15(12)11-7-10(8-13)3-4-14-11/h3-4,7H,5-6,8-9H2,1-2H3. The Balaban J connectivity index is 2.27. The maximum Gasteiger partial charge on any atom is 0.129 e. The van der Waals surface area contributed by atoms with Crippen molar-refractivity contribution in [3.05, 3.63) is 23.9 Å². The van der Waals surface area contributed by atoms with Crippen molar-refractivity contribution < 1.29 is 4.74 Å². The summed E-state index contributed by atoms with van der Waals surface area (Å²) in [6, 6.07) is 4.00.